The molecule has 120 valence electrons. The van der Waals surface area contributed by atoms with E-state index < -0.39 is 14.1 Å². The van der Waals surface area contributed by atoms with E-state index in [1.165, 1.54) is 6.07 Å². The predicted octanol–water partition coefficient (Wildman–Crippen LogP) is 5.53. The average molecular weight is 333 g/mol. The normalized spacial score (nSPS) is 12.6. The topological polar surface area (TPSA) is 29.5 Å². The molecule has 0 heterocycles. The summed E-state index contributed by atoms with van der Waals surface area (Å²) < 4.78 is 20.2. The van der Waals surface area contributed by atoms with Gasteiger partial charge in [-0.2, -0.15) is 0 Å². The molecule has 0 unspecified atom stereocenters. The molecule has 2 nitrogen and oxygen atoms in total. The molecule has 0 aliphatic carbocycles. The third-order valence-electron chi connectivity index (χ3n) is 4.25. The number of aliphatic hydroxyl groups excluding tert-OH is 1. The lowest BCUT2D eigenvalue weighted by atomic mass is 10.2. The van der Waals surface area contributed by atoms with Crippen molar-refractivity contribution in [1.29, 1.82) is 0 Å². The lowest BCUT2D eigenvalue weighted by molar-refractivity contribution is 0.275. The molecule has 1 aromatic carbocycles. The molecule has 0 radical (unpaired) electrons. The largest absolute Gasteiger partial charge is 0.543 e. The first-order valence-electron chi connectivity index (χ1n) is 7.44. The number of hydrogen-bond donors (Lipinski definition) is 1. The van der Waals surface area contributed by atoms with Gasteiger partial charge in [0.1, 0.15) is 11.6 Å². The third-order valence-corrected chi connectivity index (χ3v) is 10.5. The second-order valence-electron chi connectivity index (χ2n) is 6.46. The van der Waals surface area contributed by atoms with Gasteiger partial charge in [-0.15, -0.1) is 0 Å². The highest BCUT2D eigenvalue weighted by Crippen LogP contribution is 2.43. The minimum atomic E-state index is -2.11. The fourth-order valence-electron chi connectivity index (χ4n) is 3.35. The van der Waals surface area contributed by atoms with Crippen LogP contribution in [0.25, 0.3) is 0 Å². The average Bonchev–Trinajstić information content (AvgIpc) is 2.38. The van der Waals surface area contributed by atoms with Gasteiger partial charge in [0.2, 0.25) is 0 Å². The van der Waals surface area contributed by atoms with E-state index in [1.54, 1.807) is 6.07 Å². The van der Waals surface area contributed by atoms with Gasteiger partial charge in [-0.05, 0) is 22.7 Å². The molecule has 0 spiro atoms. The van der Waals surface area contributed by atoms with Crippen LogP contribution in [0.4, 0.5) is 4.39 Å². The molecule has 0 aliphatic heterocycles. The summed E-state index contributed by atoms with van der Waals surface area (Å²) in [6.45, 7) is 12.7. The summed E-state index contributed by atoms with van der Waals surface area (Å²) in [4.78, 5) is 0. The lowest BCUT2D eigenvalue weighted by Gasteiger charge is -2.42. The highest BCUT2D eigenvalue weighted by Gasteiger charge is 2.47. The van der Waals surface area contributed by atoms with Gasteiger partial charge in [0.15, 0.2) is 0 Å². The van der Waals surface area contributed by atoms with E-state index in [0.29, 0.717) is 22.4 Å². The SMILES string of the molecule is CC(C)[Si](Oc1cc(Cl)c(F)c(CO)c1)(C(C)C)C(C)C. The van der Waals surface area contributed by atoms with E-state index in [-0.39, 0.29) is 17.2 Å². The van der Waals surface area contributed by atoms with Crippen LogP contribution in [0.5, 0.6) is 5.75 Å². The van der Waals surface area contributed by atoms with Crippen molar-refractivity contribution < 1.29 is 13.9 Å². The van der Waals surface area contributed by atoms with Crippen LogP contribution in [0.15, 0.2) is 12.1 Å². The van der Waals surface area contributed by atoms with E-state index >= 15 is 0 Å². The first-order chi connectivity index (χ1) is 9.66. The molecule has 1 aromatic rings. The summed E-state index contributed by atoms with van der Waals surface area (Å²) in [5, 5.41) is 9.25. The molecule has 0 saturated carbocycles. The summed E-state index contributed by atoms with van der Waals surface area (Å²) in [6.07, 6.45) is 0. The van der Waals surface area contributed by atoms with E-state index in [9.17, 15) is 9.50 Å². The van der Waals surface area contributed by atoms with Crippen molar-refractivity contribution in [3.8, 4) is 5.75 Å². The Balaban J connectivity index is 3.30. The number of hydrogen-bond acceptors (Lipinski definition) is 2. The fourth-order valence-corrected chi connectivity index (χ4v) is 8.81. The van der Waals surface area contributed by atoms with Gasteiger partial charge in [-0.25, -0.2) is 4.39 Å². The van der Waals surface area contributed by atoms with Gasteiger partial charge in [-0.3, -0.25) is 0 Å². The van der Waals surface area contributed by atoms with Crippen LogP contribution in [-0.4, -0.2) is 13.4 Å². The van der Waals surface area contributed by atoms with Gasteiger partial charge in [0, 0.05) is 11.6 Å². The van der Waals surface area contributed by atoms with Gasteiger partial charge in [-0.1, -0.05) is 53.1 Å². The molecule has 1 N–H and O–H groups in total. The third kappa shape index (κ3) is 3.61. The first kappa shape index (κ1) is 18.5. The maximum absolute atomic E-state index is 13.8. The Labute approximate surface area is 133 Å². The predicted molar refractivity (Wildman–Crippen MR) is 89.0 cm³/mol. The molecule has 0 aromatic heterocycles. The Bertz CT molecular complexity index is 468. The van der Waals surface area contributed by atoms with Crippen molar-refractivity contribution in [2.45, 2.75) is 64.8 Å². The van der Waals surface area contributed by atoms with Crippen molar-refractivity contribution in [2.24, 2.45) is 0 Å². The van der Waals surface area contributed by atoms with Crippen molar-refractivity contribution >= 4 is 19.9 Å². The number of halogens is 2. The maximum Gasteiger partial charge on any atom is 0.258 e. The smallest absolute Gasteiger partial charge is 0.258 e. The van der Waals surface area contributed by atoms with E-state index in [2.05, 4.69) is 41.5 Å². The van der Waals surface area contributed by atoms with Gasteiger partial charge >= 0.3 is 0 Å². The summed E-state index contributed by atoms with van der Waals surface area (Å²) in [5.41, 5.74) is 1.42. The van der Waals surface area contributed by atoms with Crippen LogP contribution < -0.4 is 4.43 Å². The second kappa shape index (κ2) is 7.12. The van der Waals surface area contributed by atoms with Gasteiger partial charge in [0.25, 0.3) is 8.32 Å². The van der Waals surface area contributed by atoms with Crippen LogP contribution in [-0.2, 0) is 6.61 Å². The highest BCUT2D eigenvalue weighted by molar-refractivity contribution is 6.78. The molecular formula is C16H26ClFO2Si. The molecule has 5 heteroatoms. The van der Waals surface area contributed by atoms with E-state index in [0.717, 1.165) is 0 Å². The Hall–Kier alpha value is -0.583. The molecule has 0 saturated heterocycles. The van der Waals surface area contributed by atoms with Crippen LogP contribution in [0.1, 0.15) is 47.1 Å². The van der Waals surface area contributed by atoms with Crippen molar-refractivity contribution in [2.75, 3.05) is 0 Å². The molecule has 0 aliphatic rings. The Morgan fingerprint density at radius 3 is 1.95 bits per heavy atom. The zero-order valence-electron chi connectivity index (χ0n) is 13.7. The lowest BCUT2D eigenvalue weighted by Crippen LogP contribution is -2.50. The zero-order chi connectivity index (χ0) is 16.4. The van der Waals surface area contributed by atoms with Crippen LogP contribution in [0.2, 0.25) is 21.6 Å². The van der Waals surface area contributed by atoms with Crippen molar-refractivity contribution in [1.82, 2.24) is 0 Å². The number of aliphatic hydroxyl groups is 1. The number of rotatable bonds is 6. The summed E-state index contributed by atoms with van der Waals surface area (Å²) >= 11 is 5.91. The second-order valence-corrected chi connectivity index (χ2v) is 12.2. The fraction of sp³-hybridized carbons (Fsp3) is 0.625. The summed E-state index contributed by atoms with van der Waals surface area (Å²) in [5.74, 6) is -0.00867. The van der Waals surface area contributed by atoms with E-state index in [1.807, 2.05) is 0 Å². The van der Waals surface area contributed by atoms with Crippen LogP contribution >= 0.6 is 11.6 Å². The monoisotopic (exact) mass is 332 g/mol. The molecule has 21 heavy (non-hydrogen) atoms. The quantitative estimate of drug-likeness (QED) is 0.694. The van der Waals surface area contributed by atoms with Crippen molar-refractivity contribution in [3.05, 3.63) is 28.5 Å². The van der Waals surface area contributed by atoms with E-state index in [4.69, 9.17) is 16.0 Å². The first-order valence-corrected chi connectivity index (χ1v) is 9.96. The molecule has 0 atom stereocenters. The molecule has 0 fully saturated rings. The minimum absolute atomic E-state index is 0.00396. The zero-order valence-corrected chi connectivity index (χ0v) is 15.5. The number of benzene rings is 1. The molecule has 0 amide bonds. The molecule has 0 bridgehead atoms. The minimum Gasteiger partial charge on any atom is -0.543 e. The van der Waals surface area contributed by atoms with Crippen LogP contribution in [0.3, 0.4) is 0 Å². The Morgan fingerprint density at radius 1 is 1.10 bits per heavy atom. The molecular weight excluding hydrogens is 307 g/mol. The highest BCUT2D eigenvalue weighted by atomic mass is 35.5. The van der Waals surface area contributed by atoms with Crippen LogP contribution in [0, 0.1) is 5.82 Å². The van der Waals surface area contributed by atoms with Crippen molar-refractivity contribution in [3.63, 3.8) is 0 Å². The standard InChI is InChI=1S/C16H26ClFO2Si/c1-10(2)21(11(3)4,12(5)6)20-14-7-13(9-19)16(18)15(17)8-14/h7-8,10-12,19H,9H2,1-6H3. The maximum atomic E-state index is 13.8. The summed E-state index contributed by atoms with van der Waals surface area (Å²) in [7, 11) is -2.11. The Morgan fingerprint density at radius 2 is 1.57 bits per heavy atom. The van der Waals surface area contributed by atoms with Gasteiger partial charge < -0.3 is 9.53 Å². The van der Waals surface area contributed by atoms with Gasteiger partial charge in [0.05, 0.1) is 11.6 Å². The molecule has 1 rings (SSSR count). The Kier molecular flexibility index (Phi) is 6.26. The summed E-state index contributed by atoms with van der Waals surface area (Å²) in [6, 6.07) is 3.08.